The molecule has 16 heavy (non-hydrogen) atoms. The van der Waals surface area contributed by atoms with Gasteiger partial charge in [-0.15, -0.1) is 12.3 Å². The zero-order chi connectivity index (χ0) is 12.0. The fraction of sp³-hybridized carbons (Fsp3) is 0.786. The van der Waals surface area contributed by atoms with Crippen LogP contribution in [0.4, 0.5) is 0 Å². The maximum Gasteiger partial charge on any atom is 0.223 e. The second-order valence-corrected chi connectivity index (χ2v) is 5.39. The second kappa shape index (κ2) is 5.94. The Labute approximate surface area is 99.2 Å². The molecule has 1 amide bonds. The van der Waals surface area contributed by atoms with E-state index in [0.717, 1.165) is 32.2 Å². The van der Waals surface area contributed by atoms with Crippen LogP contribution in [0.15, 0.2) is 0 Å². The highest BCUT2D eigenvalue weighted by molar-refractivity contribution is 5.79. The van der Waals surface area contributed by atoms with E-state index in [-0.39, 0.29) is 17.2 Å². The van der Waals surface area contributed by atoms with Gasteiger partial charge in [-0.2, -0.15) is 0 Å². The lowest BCUT2D eigenvalue weighted by atomic mass is 9.68. The minimum Gasteiger partial charge on any atom is -0.356 e. The fourth-order valence-electron chi connectivity index (χ4n) is 2.51. The lowest BCUT2D eigenvalue weighted by molar-refractivity contribution is -0.130. The number of hydrogen-bond donors (Lipinski definition) is 1. The fourth-order valence-corrected chi connectivity index (χ4v) is 2.51. The first-order chi connectivity index (χ1) is 7.58. The van der Waals surface area contributed by atoms with Crippen LogP contribution in [0, 0.1) is 23.7 Å². The molecule has 0 aromatic heterocycles. The van der Waals surface area contributed by atoms with E-state index in [0.29, 0.717) is 0 Å². The van der Waals surface area contributed by atoms with E-state index in [1.807, 2.05) is 0 Å². The van der Waals surface area contributed by atoms with Gasteiger partial charge in [-0.05, 0) is 24.7 Å². The topological polar surface area (TPSA) is 29.1 Å². The van der Waals surface area contributed by atoms with Crippen LogP contribution < -0.4 is 5.32 Å². The molecule has 0 bridgehead atoms. The van der Waals surface area contributed by atoms with Crippen molar-refractivity contribution in [3.8, 4) is 12.3 Å². The van der Waals surface area contributed by atoms with Crippen molar-refractivity contribution < 1.29 is 4.79 Å². The van der Waals surface area contributed by atoms with E-state index in [1.54, 1.807) is 0 Å². The zero-order valence-electron chi connectivity index (χ0n) is 10.5. The molecule has 0 aromatic rings. The van der Waals surface area contributed by atoms with Crippen LogP contribution in [-0.2, 0) is 4.79 Å². The number of rotatable bonds is 4. The predicted octanol–water partition coefficient (Wildman–Crippen LogP) is 2.73. The molecular weight excluding hydrogens is 198 g/mol. The first-order valence-corrected chi connectivity index (χ1v) is 6.29. The van der Waals surface area contributed by atoms with Gasteiger partial charge >= 0.3 is 0 Å². The van der Waals surface area contributed by atoms with Gasteiger partial charge in [-0.1, -0.05) is 26.7 Å². The molecule has 1 atom stereocenters. The molecule has 0 heterocycles. The van der Waals surface area contributed by atoms with Crippen LogP contribution in [0.25, 0.3) is 0 Å². The largest absolute Gasteiger partial charge is 0.356 e. The van der Waals surface area contributed by atoms with Crippen LogP contribution in [0.2, 0.25) is 0 Å². The van der Waals surface area contributed by atoms with E-state index < -0.39 is 0 Å². The summed E-state index contributed by atoms with van der Waals surface area (Å²) in [4.78, 5) is 12.0. The summed E-state index contributed by atoms with van der Waals surface area (Å²) in [6.45, 7) is 5.13. The molecule has 0 spiro atoms. The summed E-state index contributed by atoms with van der Waals surface area (Å²) in [5.41, 5.74) is 0.161. The Morgan fingerprint density at radius 3 is 2.88 bits per heavy atom. The number of hydrogen-bond acceptors (Lipinski definition) is 1. The summed E-state index contributed by atoms with van der Waals surface area (Å²) >= 11 is 0. The number of unbranched alkanes of at least 4 members (excludes halogenated alkanes) is 1. The Balaban J connectivity index is 2.37. The van der Waals surface area contributed by atoms with Crippen molar-refractivity contribution in [3.63, 3.8) is 0 Å². The lowest BCUT2D eigenvalue weighted by Gasteiger charge is -2.37. The smallest absolute Gasteiger partial charge is 0.223 e. The van der Waals surface area contributed by atoms with Gasteiger partial charge in [-0.3, -0.25) is 4.79 Å². The Morgan fingerprint density at radius 1 is 1.50 bits per heavy atom. The van der Waals surface area contributed by atoms with Gasteiger partial charge in [0.15, 0.2) is 0 Å². The predicted molar refractivity (Wildman–Crippen MR) is 66.8 cm³/mol. The molecule has 0 aliphatic heterocycles. The quantitative estimate of drug-likeness (QED) is 0.574. The van der Waals surface area contributed by atoms with Crippen LogP contribution in [-0.4, -0.2) is 12.5 Å². The van der Waals surface area contributed by atoms with E-state index >= 15 is 0 Å². The Morgan fingerprint density at radius 2 is 2.25 bits per heavy atom. The standard InChI is InChI=1S/C14H23NO/c1-4-5-8-11-15-13(16)12-9-6-7-10-14(12,2)3/h1,12H,5-11H2,2-3H3,(H,15,16). The summed E-state index contributed by atoms with van der Waals surface area (Å²) in [6.07, 6.45) is 11.4. The van der Waals surface area contributed by atoms with E-state index in [4.69, 9.17) is 6.42 Å². The van der Waals surface area contributed by atoms with Crippen LogP contribution in [0.1, 0.15) is 52.4 Å². The van der Waals surface area contributed by atoms with Crippen molar-refractivity contribution >= 4 is 5.91 Å². The molecule has 0 radical (unpaired) electrons. The van der Waals surface area contributed by atoms with Crippen LogP contribution in [0.5, 0.6) is 0 Å². The lowest BCUT2D eigenvalue weighted by Crippen LogP contribution is -2.41. The van der Waals surface area contributed by atoms with Gasteiger partial charge in [0.2, 0.25) is 5.91 Å². The van der Waals surface area contributed by atoms with Crippen molar-refractivity contribution in [2.24, 2.45) is 11.3 Å². The first-order valence-electron chi connectivity index (χ1n) is 6.29. The molecule has 1 unspecified atom stereocenters. The Hall–Kier alpha value is -0.970. The normalized spacial score (nSPS) is 23.4. The Bertz CT molecular complexity index is 275. The summed E-state index contributed by atoms with van der Waals surface area (Å²) in [5, 5.41) is 3.01. The molecule has 1 aliphatic rings. The Kier molecular flexibility index (Phi) is 4.86. The molecule has 1 saturated carbocycles. The van der Waals surface area contributed by atoms with Gasteiger partial charge in [0, 0.05) is 18.9 Å². The maximum atomic E-state index is 12.0. The SMILES string of the molecule is C#CCCCNC(=O)C1CCCCC1(C)C. The van der Waals surface area contributed by atoms with Crippen LogP contribution in [0.3, 0.4) is 0 Å². The zero-order valence-corrected chi connectivity index (χ0v) is 10.5. The monoisotopic (exact) mass is 221 g/mol. The average molecular weight is 221 g/mol. The number of terminal acetylenes is 1. The molecule has 90 valence electrons. The van der Waals surface area contributed by atoms with Gasteiger partial charge in [0.05, 0.1) is 0 Å². The third-order valence-electron chi connectivity index (χ3n) is 3.62. The van der Waals surface area contributed by atoms with E-state index in [1.165, 1.54) is 12.8 Å². The second-order valence-electron chi connectivity index (χ2n) is 5.39. The van der Waals surface area contributed by atoms with Crippen LogP contribution >= 0.6 is 0 Å². The van der Waals surface area contributed by atoms with E-state index in [9.17, 15) is 4.79 Å². The molecule has 0 aromatic carbocycles. The molecule has 1 aliphatic carbocycles. The average Bonchev–Trinajstić information content (AvgIpc) is 2.23. The van der Waals surface area contributed by atoms with Crippen molar-refractivity contribution in [1.29, 1.82) is 0 Å². The third kappa shape index (κ3) is 3.56. The van der Waals surface area contributed by atoms with Crippen molar-refractivity contribution in [3.05, 3.63) is 0 Å². The number of amides is 1. The van der Waals surface area contributed by atoms with E-state index in [2.05, 4.69) is 25.1 Å². The minimum absolute atomic E-state index is 0.161. The van der Waals surface area contributed by atoms with Gasteiger partial charge in [0.1, 0.15) is 0 Å². The number of carbonyl (C=O) groups is 1. The molecule has 2 nitrogen and oxygen atoms in total. The molecule has 1 N–H and O–H groups in total. The highest BCUT2D eigenvalue weighted by atomic mass is 16.1. The summed E-state index contributed by atoms with van der Waals surface area (Å²) < 4.78 is 0. The molecular formula is C14H23NO. The number of carbonyl (C=O) groups excluding carboxylic acids is 1. The van der Waals surface area contributed by atoms with Crippen molar-refractivity contribution in [2.75, 3.05) is 6.54 Å². The molecule has 2 heteroatoms. The highest BCUT2D eigenvalue weighted by Gasteiger charge is 2.36. The summed E-state index contributed by atoms with van der Waals surface area (Å²) in [5.74, 6) is 3.00. The highest BCUT2D eigenvalue weighted by Crippen LogP contribution is 2.40. The summed E-state index contributed by atoms with van der Waals surface area (Å²) in [7, 11) is 0. The van der Waals surface area contributed by atoms with Crippen molar-refractivity contribution in [1.82, 2.24) is 5.32 Å². The maximum absolute atomic E-state index is 12.0. The number of nitrogens with one attached hydrogen (secondary N) is 1. The first kappa shape index (κ1) is 13.1. The van der Waals surface area contributed by atoms with Crippen molar-refractivity contribution in [2.45, 2.75) is 52.4 Å². The summed E-state index contributed by atoms with van der Waals surface area (Å²) in [6, 6.07) is 0. The minimum atomic E-state index is 0.161. The molecule has 1 rings (SSSR count). The third-order valence-corrected chi connectivity index (χ3v) is 3.62. The molecule has 0 saturated heterocycles. The van der Waals surface area contributed by atoms with Gasteiger partial charge < -0.3 is 5.32 Å². The van der Waals surface area contributed by atoms with Gasteiger partial charge in [0.25, 0.3) is 0 Å². The van der Waals surface area contributed by atoms with Gasteiger partial charge in [-0.25, -0.2) is 0 Å². The molecule has 1 fully saturated rings.